The molecule has 7 heteroatoms. The Hall–Kier alpha value is -8.68. The second-order valence-corrected chi connectivity index (χ2v) is 15.9. The number of furan rings is 1. The summed E-state index contributed by atoms with van der Waals surface area (Å²) < 4.78 is 10.6. The molecule has 7 aromatic carbocycles. The lowest BCUT2D eigenvalue weighted by Gasteiger charge is -2.12. The molecule has 0 aliphatic rings. The van der Waals surface area contributed by atoms with Crippen molar-refractivity contribution in [1.82, 2.24) is 29.1 Å². The van der Waals surface area contributed by atoms with Crippen LogP contribution in [0.3, 0.4) is 0 Å². The number of pyridine rings is 2. The van der Waals surface area contributed by atoms with E-state index in [0.29, 0.717) is 5.95 Å². The van der Waals surface area contributed by atoms with Crippen molar-refractivity contribution < 1.29 is 4.42 Å². The van der Waals surface area contributed by atoms with Crippen molar-refractivity contribution in [2.45, 2.75) is 0 Å². The van der Waals surface area contributed by atoms with Gasteiger partial charge in [0.25, 0.3) is 0 Å². The van der Waals surface area contributed by atoms with Crippen LogP contribution in [-0.4, -0.2) is 29.1 Å². The van der Waals surface area contributed by atoms with Crippen molar-refractivity contribution in [2.75, 3.05) is 0 Å². The molecule has 0 N–H and O–H groups in total. The van der Waals surface area contributed by atoms with E-state index in [1.54, 1.807) is 6.20 Å². The summed E-state index contributed by atoms with van der Waals surface area (Å²) in [4.78, 5) is 19.9. The van der Waals surface area contributed by atoms with Gasteiger partial charge in [-0.3, -0.25) is 14.5 Å². The van der Waals surface area contributed by atoms with E-state index in [0.717, 1.165) is 111 Å². The molecule has 0 amide bonds. The van der Waals surface area contributed by atoms with Gasteiger partial charge >= 0.3 is 0 Å². The van der Waals surface area contributed by atoms with Crippen LogP contribution in [0.15, 0.2) is 211 Å². The second kappa shape index (κ2) is 13.9. The number of benzene rings is 7. The van der Waals surface area contributed by atoms with E-state index in [1.165, 1.54) is 5.39 Å². The maximum absolute atomic E-state index is 6.07. The zero-order valence-corrected chi connectivity index (χ0v) is 33.7. The molecule has 0 aliphatic heterocycles. The summed E-state index contributed by atoms with van der Waals surface area (Å²) in [6.45, 7) is 0. The lowest BCUT2D eigenvalue weighted by molar-refractivity contribution is 0.668. The van der Waals surface area contributed by atoms with Crippen molar-refractivity contribution >= 4 is 65.7 Å². The van der Waals surface area contributed by atoms with Crippen LogP contribution >= 0.6 is 0 Å². The van der Waals surface area contributed by atoms with Gasteiger partial charge < -0.3 is 8.98 Å². The van der Waals surface area contributed by atoms with Crippen LogP contribution in [0.4, 0.5) is 0 Å². The van der Waals surface area contributed by atoms with Crippen LogP contribution in [0.1, 0.15) is 0 Å². The highest BCUT2D eigenvalue weighted by Gasteiger charge is 2.19. The molecule has 6 aromatic heterocycles. The SMILES string of the molecule is c1ccc(-c2cc(-c3ccccc3)nc(-n3c4ccccc4c4ccc(-c5ccc6c(c5)c5ccccc5n6-c5cncc(-c6ccc7oc8cccnc8c7c6)c5)cc43)n2)cc1. The third kappa shape index (κ3) is 5.67. The standard InChI is InChI=1S/C56H34N6O/c1-3-12-35(13-4-1)47-32-48(36-14-5-2-6-15-36)60-56(59-47)62-50-19-10-7-16-42(50)44-24-21-39(31-52(44)62)37-22-25-51-45(29-37)43-17-8-9-18-49(43)61(51)41-28-40(33-57-34-41)38-23-26-53-46(30-38)55-54(63-53)20-11-27-58-55/h1-34H. The highest BCUT2D eigenvalue weighted by atomic mass is 16.3. The fourth-order valence-electron chi connectivity index (χ4n) is 9.33. The summed E-state index contributed by atoms with van der Waals surface area (Å²) in [5.41, 5.74) is 15.9. The lowest BCUT2D eigenvalue weighted by atomic mass is 10.0. The number of nitrogens with zero attached hydrogens (tertiary/aromatic N) is 6. The molecule has 0 saturated carbocycles. The van der Waals surface area contributed by atoms with E-state index in [1.807, 2.05) is 42.7 Å². The highest BCUT2D eigenvalue weighted by molar-refractivity contribution is 6.12. The number of fused-ring (bicyclic) bond motifs is 9. The summed E-state index contributed by atoms with van der Waals surface area (Å²) >= 11 is 0. The number of hydrogen-bond acceptors (Lipinski definition) is 5. The Labute approximate surface area is 360 Å². The predicted octanol–water partition coefficient (Wildman–Crippen LogP) is 14.0. The smallest absolute Gasteiger partial charge is 0.235 e. The first-order chi connectivity index (χ1) is 31.2. The van der Waals surface area contributed by atoms with E-state index < -0.39 is 0 Å². The average Bonchev–Trinajstić information content (AvgIpc) is 4.01. The molecule has 13 aromatic rings. The van der Waals surface area contributed by atoms with Crippen LogP contribution in [-0.2, 0) is 0 Å². The molecule has 0 saturated heterocycles. The molecular weight excluding hydrogens is 773 g/mol. The number of hydrogen-bond donors (Lipinski definition) is 0. The second-order valence-electron chi connectivity index (χ2n) is 15.9. The van der Waals surface area contributed by atoms with Crippen LogP contribution in [0.2, 0.25) is 0 Å². The molecule has 0 unspecified atom stereocenters. The summed E-state index contributed by atoms with van der Waals surface area (Å²) in [5, 5.41) is 5.62. The summed E-state index contributed by atoms with van der Waals surface area (Å²) in [5.74, 6) is 0.627. The van der Waals surface area contributed by atoms with Gasteiger partial charge in [0, 0.05) is 56.0 Å². The zero-order chi connectivity index (χ0) is 41.4. The Morgan fingerprint density at radius 2 is 0.968 bits per heavy atom. The summed E-state index contributed by atoms with van der Waals surface area (Å²) in [6.07, 6.45) is 5.68. The highest BCUT2D eigenvalue weighted by Crippen LogP contribution is 2.39. The van der Waals surface area contributed by atoms with E-state index in [2.05, 4.69) is 172 Å². The van der Waals surface area contributed by atoms with Gasteiger partial charge in [-0.2, -0.15) is 0 Å². The van der Waals surface area contributed by atoms with Crippen molar-refractivity contribution in [3.63, 3.8) is 0 Å². The minimum atomic E-state index is 0.627. The third-order valence-electron chi connectivity index (χ3n) is 12.3. The van der Waals surface area contributed by atoms with E-state index in [4.69, 9.17) is 19.4 Å². The van der Waals surface area contributed by atoms with Crippen LogP contribution < -0.4 is 0 Å². The molecule has 13 rings (SSSR count). The zero-order valence-electron chi connectivity index (χ0n) is 33.7. The molecule has 0 aliphatic carbocycles. The molecule has 0 spiro atoms. The Kier molecular flexibility index (Phi) is 7.77. The van der Waals surface area contributed by atoms with Crippen molar-refractivity contribution in [1.29, 1.82) is 0 Å². The first kappa shape index (κ1) is 35.1. The summed E-state index contributed by atoms with van der Waals surface area (Å²) in [6, 6.07) is 65.8. The van der Waals surface area contributed by atoms with E-state index in [-0.39, 0.29) is 0 Å². The maximum atomic E-state index is 6.07. The van der Waals surface area contributed by atoms with Gasteiger partial charge in [0.05, 0.1) is 45.3 Å². The first-order valence-corrected chi connectivity index (χ1v) is 21.0. The molecule has 7 nitrogen and oxygen atoms in total. The molecule has 63 heavy (non-hydrogen) atoms. The van der Waals surface area contributed by atoms with E-state index >= 15 is 0 Å². The van der Waals surface area contributed by atoms with Crippen molar-refractivity contribution in [3.8, 4) is 56.4 Å². The van der Waals surface area contributed by atoms with Crippen LogP contribution in [0, 0.1) is 0 Å². The minimum absolute atomic E-state index is 0.627. The lowest BCUT2D eigenvalue weighted by Crippen LogP contribution is -2.04. The van der Waals surface area contributed by atoms with Gasteiger partial charge in [0.1, 0.15) is 11.1 Å². The molecule has 0 fully saturated rings. The topological polar surface area (TPSA) is 74.6 Å². The van der Waals surface area contributed by atoms with Crippen LogP contribution in [0.5, 0.6) is 0 Å². The fraction of sp³-hybridized carbons (Fsp3) is 0. The monoisotopic (exact) mass is 806 g/mol. The Bertz CT molecular complexity index is 3860. The minimum Gasteiger partial charge on any atom is -0.454 e. The van der Waals surface area contributed by atoms with Crippen LogP contribution in [0.25, 0.3) is 122 Å². The Balaban J connectivity index is 0.961. The van der Waals surface area contributed by atoms with E-state index in [9.17, 15) is 0 Å². The van der Waals surface area contributed by atoms with Crippen molar-refractivity contribution in [2.24, 2.45) is 0 Å². The van der Waals surface area contributed by atoms with Gasteiger partial charge in [-0.1, -0.05) is 121 Å². The quantitative estimate of drug-likeness (QED) is 0.167. The molecule has 294 valence electrons. The number of rotatable bonds is 6. The largest absolute Gasteiger partial charge is 0.454 e. The molecular formula is C56H34N6O. The first-order valence-electron chi connectivity index (χ1n) is 21.0. The van der Waals surface area contributed by atoms with Gasteiger partial charge in [-0.15, -0.1) is 0 Å². The van der Waals surface area contributed by atoms with Gasteiger partial charge in [-0.25, -0.2) is 9.97 Å². The summed E-state index contributed by atoms with van der Waals surface area (Å²) in [7, 11) is 0. The average molecular weight is 807 g/mol. The molecule has 0 radical (unpaired) electrons. The van der Waals surface area contributed by atoms with Gasteiger partial charge in [-0.05, 0) is 83.4 Å². The van der Waals surface area contributed by atoms with Crippen molar-refractivity contribution in [3.05, 3.63) is 207 Å². The number of para-hydroxylation sites is 2. The molecule has 6 heterocycles. The normalized spacial score (nSPS) is 11.8. The fourth-order valence-corrected chi connectivity index (χ4v) is 9.33. The molecule has 0 bridgehead atoms. The van der Waals surface area contributed by atoms with Gasteiger partial charge in [0.15, 0.2) is 5.58 Å². The Morgan fingerprint density at radius 1 is 0.365 bits per heavy atom. The number of aromatic nitrogens is 6. The Morgan fingerprint density at radius 3 is 1.75 bits per heavy atom. The third-order valence-corrected chi connectivity index (χ3v) is 12.3. The van der Waals surface area contributed by atoms with Gasteiger partial charge in [0.2, 0.25) is 5.95 Å². The molecule has 0 atom stereocenters. The maximum Gasteiger partial charge on any atom is 0.235 e. The predicted molar refractivity (Wildman–Crippen MR) is 255 cm³/mol.